The molecule has 2 unspecified atom stereocenters. The van der Waals surface area contributed by atoms with Crippen LogP contribution in [0.2, 0.25) is 0 Å². The van der Waals surface area contributed by atoms with E-state index < -0.39 is 0 Å². The van der Waals surface area contributed by atoms with Crippen molar-refractivity contribution >= 4 is 11.8 Å². The van der Waals surface area contributed by atoms with E-state index in [4.69, 9.17) is 0 Å². The summed E-state index contributed by atoms with van der Waals surface area (Å²) in [5, 5.41) is 13.1. The molecule has 0 rings (SSSR count). The second-order valence-electron chi connectivity index (χ2n) is 5.39. The predicted molar refractivity (Wildman–Crippen MR) is 75.1 cm³/mol. The lowest BCUT2D eigenvalue weighted by atomic mass is 10.0. The van der Waals surface area contributed by atoms with Gasteiger partial charge in [-0.05, 0) is 37.5 Å². The molecule has 0 saturated heterocycles. The van der Waals surface area contributed by atoms with Crippen molar-refractivity contribution in [2.45, 2.75) is 53.2 Å². The highest BCUT2D eigenvalue weighted by atomic mass is 32.2. The molecule has 0 aromatic heterocycles. The van der Waals surface area contributed by atoms with Crippen molar-refractivity contribution in [2.24, 2.45) is 11.8 Å². The maximum atomic E-state index is 9.64. The quantitative estimate of drug-likeness (QED) is 0.657. The molecule has 2 nitrogen and oxygen atoms in total. The van der Waals surface area contributed by atoms with Crippen LogP contribution < -0.4 is 5.32 Å². The van der Waals surface area contributed by atoms with Gasteiger partial charge in [-0.3, -0.25) is 0 Å². The molecule has 0 aliphatic carbocycles. The number of aliphatic hydroxyl groups is 1. The fraction of sp³-hybridized carbons (Fsp3) is 1.00. The largest absolute Gasteiger partial charge is 0.393 e. The Labute approximate surface area is 106 Å². The minimum absolute atomic E-state index is 0.164. The van der Waals surface area contributed by atoms with E-state index in [1.807, 2.05) is 11.8 Å². The van der Waals surface area contributed by atoms with Crippen molar-refractivity contribution in [3.05, 3.63) is 0 Å². The Kier molecular flexibility index (Phi) is 9.47. The summed E-state index contributed by atoms with van der Waals surface area (Å²) in [7, 11) is 0. The van der Waals surface area contributed by atoms with E-state index in [9.17, 15) is 5.11 Å². The first kappa shape index (κ1) is 16.3. The molecule has 0 amide bonds. The smallest absolute Gasteiger partial charge is 0.0575 e. The third-order valence-electron chi connectivity index (χ3n) is 2.52. The second-order valence-corrected chi connectivity index (χ2v) is 6.46. The van der Waals surface area contributed by atoms with Gasteiger partial charge in [0.15, 0.2) is 0 Å². The lowest BCUT2D eigenvalue weighted by molar-refractivity contribution is 0.115. The average Bonchev–Trinajstić information content (AvgIpc) is 2.16. The number of hydrogen-bond acceptors (Lipinski definition) is 3. The summed E-state index contributed by atoms with van der Waals surface area (Å²) >= 11 is 2.01. The zero-order valence-electron chi connectivity index (χ0n) is 11.5. The molecule has 98 valence electrons. The zero-order valence-corrected chi connectivity index (χ0v) is 12.3. The molecule has 0 radical (unpaired) electrons. The minimum Gasteiger partial charge on any atom is -0.393 e. The molecule has 0 heterocycles. The summed E-state index contributed by atoms with van der Waals surface area (Å²) in [5.41, 5.74) is 0. The zero-order chi connectivity index (χ0) is 12.6. The number of thioether (sulfide) groups is 1. The first-order chi connectivity index (χ1) is 7.43. The van der Waals surface area contributed by atoms with Crippen LogP contribution in [0.5, 0.6) is 0 Å². The Morgan fingerprint density at radius 2 is 1.69 bits per heavy atom. The molecule has 0 fully saturated rings. The second kappa shape index (κ2) is 9.32. The monoisotopic (exact) mass is 247 g/mol. The molecule has 0 aromatic carbocycles. The van der Waals surface area contributed by atoms with E-state index in [1.54, 1.807) is 0 Å². The van der Waals surface area contributed by atoms with Gasteiger partial charge >= 0.3 is 0 Å². The van der Waals surface area contributed by atoms with E-state index in [0.29, 0.717) is 12.0 Å². The van der Waals surface area contributed by atoms with Gasteiger partial charge in [0, 0.05) is 11.8 Å². The number of rotatable bonds is 9. The highest BCUT2D eigenvalue weighted by Gasteiger charge is 2.09. The Morgan fingerprint density at radius 3 is 2.19 bits per heavy atom. The van der Waals surface area contributed by atoms with Gasteiger partial charge in [0.25, 0.3) is 0 Å². The fourth-order valence-corrected chi connectivity index (χ4v) is 2.43. The molecular weight excluding hydrogens is 218 g/mol. The Balaban J connectivity index is 3.40. The van der Waals surface area contributed by atoms with Crippen LogP contribution in [0.1, 0.15) is 41.0 Å². The fourth-order valence-electron chi connectivity index (χ4n) is 1.35. The summed E-state index contributed by atoms with van der Waals surface area (Å²) in [6.45, 7) is 11.8. The van der Waals surface area contributed by atoms with Crippen LogP contribution in [-0.2, 0) is 0 Å². The molecule has 0 bridgehead atoms. The van der Waals surface area contributed by atoms with Gasteiger partial charge in [-0.1, -0.05) is 27.7 Å². The van der Waals surface area contributed by atoms with Gasteiger partial charge < -0.3 is 10.4 Å². The van der Waals surface area contributed by atoms with Crippen molar-refractivity contribution in [2.75, 3.05) is 18.1 Å². The van der Waals surface area contributed by atoms with Crippen LogP contribution in [-0.4, -0.2) is 35.3 Å². The van der Waals surface area contributed by atoms with Gasteiger partial charge in [0.05, 0.1) is 6.10 Å². The van der Waals surface area contributed by atoms with Gasteiger partial charge in [-0.2, -0.15) is 11.8 Å². The predicted octanol–water partition coefficient (Wildman–Crippen LogP) is 2.76. The molecule has 2 atom stereocenters. The summed E-state index contributed by atoms with van der Waals surface area (Å²) in [6, 6.07) is 0.545. The van der Waals surface area contributed by atoms with Crippen LogP contribution in [0, 0.1) is 11.8 Å². The highest BCUT2D eigenvalue weighted by molar-refractivity contribution is 7.99. The van der Waals surface area contributed by atoms with E-state index >= 15 is 0 Å². The average molecular weight is 247 g/mol. The SMILES string of the molecule is CC(C)CSCC(C)NCCC(O)C(C)C. The minimum atomic E-state index is -0.164. The van der Waals surface area contributed by atoms with Crippen LogP contribution in [0.25, 0.3) is 0 Å². The van der Waals surface area contributed by atoms with E-state index in [2.05, 4.69) is 39.9 Å². The van der Waals surface area contributed by atoms with Crippen molar-refractivity contribution in [1.82, 2.24) is 5.32 Å². The lowest BCUT2D eigenvalue weighted by Crippen LogP contribution is -2.32. The van der Waals surface area contributed by atoms with Crippen molar-refractivity contribution in [3.63, 3.8) is 0 Å². The standard InChI is InChI=1S/C13H29NOS/c1-10(2)8-16-9-12(5)14-7-6-13(15)11(3)4/h10-15H,6-9H2,1-5H3. The summed E-state index contributed by atoms with van der Waals surface area (Å²) < 4.78 is 0. The van der Waals surface area contributed by atoms with Gasteiger partial charge in [0.2, 0.25) is 0 Å². The van der Waals surface area contributed by atoms with Crippen molar-refractivity contribution < 1.29 is 5.11 Å². The number of hydrogen-bond donors (Lipinski definition) is 2. The molecule has 2 N–H and O–H groups in total. The Morgan fingerprint density at radius 1 is 1.06 bits per heavy atom. The first-order valence-electron chi connectivity index (χ1n) is 6.42. The highest BCUT2D eigenvalue weighted by Crippen LogP contribution is 2.09. The maximum absolute atomic E-state index is 9.64. The van der Waals surface area contributed by atoms with Gasteiger partial charge in [0.1, 0.15) is 0 Å². The van der Waals surface area contributed by atoms with Crippen LogP contribution in [0.3, 0.4) is 0 Å². The molecule has 0 aromatic rings. The molecule has 16 heavy (non-hydrogen) atoms. The topological polar surface area (TPSA) is 32.3 Å². The molecule has 3 heteroatoms. The van der Waals surface area contributed by atoms with Crippen molar-refractivity contribution in [1.29, 1.82) is 0 Å². The molecule has 0 aliphatic heterocycles. The number of nitrogens with one attached hydrogen (secondary N) is 1. The summed E-state index contributed by atoms with van der Waals surface area (Å²) in [5.74, 6) is 3.55. The van der Waals surface area contributed by atoms with E-state index in [-0.39, 0.29) is 6.10 Å². The Hall–Kier alpha value is 0.270. The van der Waals surface area contributed by atoms with E-state index in [1.165, 1.54) is 5.75 Å². The van der Waals surface area contributed by atoms with Crippen LogP contribution in [0.15, 0.2) is 0 Å². The third-order valence-corrected chi connectivity index (χ3v) is 4.16. The third kappa shape index (κ3) is 9.49. The summed E-state index contributed by atoms with van der Waals surface area (Å²) in [6.07, 6.45) is 0.694. The normalized spacial score (nSPS) is 15.8. The van der Waals surface area contributed by atoms with Gasteiger partial charge in [-0.25, -0.2) is 0 Å². The van der Waals surface area contributed by atoms with E-state index in [0.717, 1.165) is 24.6 Å². The van der Waals surface area contributed by atoms with Gasteiger partial charge in [-0.15, -0.1) is 0 Å². The number of aliphatic hydroxyl groups excluding tert-OH is 1. The van der Waals surface area contributed by atoms with Crippen LogP contribution >= 0.6 is 11.8 Å². The van der Waals surface area contributed by atoms with Crippen molar-refractivity contribution in [3.8, 4) is 0 Å². The molecular formula is C13H29NOS. The maximum Gasteiger partial charge on any atom is 0.0575 e. The molecule has 0 saturated carbocycles. The summed E-state index contributed by atoms with van der Waals surface area (Å²) in [4.78, 5) is 0. The molecule has 0 aliphatic rings. The van der Waals surface area contributed by atoms with Crippen LogP contribution in [0.4, 0.5) is 0 Å². The first-order valence-corrected chi connectivity index (χ1v) is 7.58. The molecule has 0 spiro atoms. The lowest BCUT2D eigenvalue weighted by Gasteiger charge is -2.18. The Bertz CT molecular complexity index is 162.